The molecule has 7 nitrogen and oxygen atoms in total. The van der Waals surface area contributed by atoms with Crippen LogP contribution in [0.5, 0.6) is 11.5 Å². The van der Waals surface area contributed by atoms with Crippen LogP contribution in [-0.2, 0) is 15.7 Å². The second-order valence-corrected chi connectivity index (χ2v) is 6.55. The average molecular weight is 447 g/mol. The zero-order valence-electron chi connectivity index (χ0n) is 17.4. The molecular formula is C22H20F3N3O4. The fourth-order valence-electron chi connectivity index (χ4n) is 3.05. The summed E-state index contributed by atoms with van der Waals surface area (Å²) in [5, 5.41) is 2.64. The van der Waals surface area contributed by atoms with Crippen molar-refractivity contribution in [3.63, 3.8) is 0 Å². The van der Waals surface area contributed by atoms with Gasteiger partial charge in [-0.3, -0.25) is 9.78 Å². The molecular weight excluding hydrogens is 427 g/mol. The van der Waals surface area contributed by atoms with E-state index in [1.165, 1.54) is 45.9 Å². The first-order valence-corrected chi connectivity index (χ1v) is 9.32. The van der Waals surface area contributed by atoms with Crippen molar-refractivity contribution in [1.29, 1.82) is 0 Å². The van der Waals surface area contributed by atoms with Crippen molar-refractivity contribution >= 4 is 11.7 Å². The van der Waals surface area contributed by atoms with Gasteiger partial charge in [-0.15, -0.1) is 0 Å². The van der Waals surface area contributed by atoms with Gasteiger partial charge in [-0.2, -0.15) is 13.2 Å². The molecule has 1 atom stereocenters. The predicted molar refractivity (Wildman–Crippen MR) is 110 cm³/mol. The molecule has 1 amide bonds. The quantitative estimate of drug-likeness (QED) is 0.574. The molecule has 0 aliphatic heterocycles. The van der Waals surface area contributed by atoms with E-state index in [0.717, 1.165) is 12.1 Å². The molecule has 2 aromatic carbocycles. The van der Waals surface area contributed by atoms with Crippen LogP contribution in [0.1, 0.15) is 17.2 Å². The highest BCUT2D eigenvalue weighted by Crippen LogP contribution is 2.34. The van der Waals surface area contributed by atoms with Crippen molar-refractivity contribution in [2.24, 2.45) is 0 Å². The number of rotatable bonds is 7. The summed E-state index contributed by atoms with van der Waals surface area (Å²) in [5.41, 5.74) is 0.411. The minimum absolute atomic E-state index is 0.152. The first-order chi connectivity index (χ1) is 15.3. The molecule has 168 valence electrons. The second kappa shape index (κ2) is 9.65. The molecule has 1 N–H and O–H groups in total. The number of aromatic nitrogens is 2. The van der Waals surface area contributed by atoms with E-state index in [0.29, 0.717) is 22.8 Å². The van der Waals surface area contributed by atoms with Gasteiger partial charge in [0.1, 0.15) is 5.69 Å². The van der Waals surface area contributed by atoms with E-state index in [9.17, 15) is 18.0 Å². The van der Waals surface area contributed by atoms with E-state index in [4.69, 9.17) is 14.2 Å². The van der Waals surface area contributed by atoms with Gasteiger partial charge in [-0.25, -0.2) is 4.98 Å². The topological polar surface area (TPSA) is 82.6 Å². The maximum absolute atomic E-state index is 12.9. The van der Waals surface area contributed by atoms with Crippen LogP contribution in [0.4, 0.5) is 19.0 Å². The van der Waals surface area contributed by atoms with E-state index in [2.05, 4.69) is 15.3 Å². The molecule has 3 rings (SSSR count). The van der Waals surface area contributed by atoms with Crippen LogP contribution in [-0.4, -0.2) is 37.2 Å². The Hall–Kier alpha value is -3.66. The smallest absolute Gasteiger partial charge is 0.416 e. The largest absolute Gasteiger partial charge is 0.493 e. The molecule has 10 heteroatoms. The van der Waals surface area contributed by atoms with Crippen molar-refractivity contribution < 1.29 is 32.2 Å². The number of alkyl halides is 3. The van der Waals surface area contributed by atoms with Gasteiger partial charge >= 0.3 is 6.18 Å². The Balaban J connectivity index is 1.88. The fourth-order valence-corrected chi connectivity index (χ4v) is 3.05. The number of amides is 1. The summed E-state index contributed by atoms with van der Waals surface area (Å²) in [7, 11) is 4.29. The van der Waals surface area contributed by atoms with E-state index in [1.807, 2.05) is 0 Å². The first kappa shape index (κ1) is 23.0. The van der Waals surface area contributed by atoms with E-state index in [1.54, 1.807) is 18.2 Å². The number of benzene rings is 2. The SMILES string of the molecule is COc1ccc(-c2nccnc2NC(=O)C(OC)c2ccc(C(F)(F)F)cc2)cc1OC. The van der Waals surface area contributed by atoms with Crippen LogP contribution < -0.4 is 14.8 Å². The van der Waals surface area contributed by atoms with Crippen LogP contribution >= 0.6 is 0 Å². The predicted octanol–water partition coefficient (Wildman–Crippen LogP) is 4.51. The van der Waals surface area contributed by atoms with Crippen LogP contribution in [0.25, 0.3) is 11.3 Å². The number of hydrogen-bond donors (Lipinski definition) is 1. The highest BCUT2D eigenvalue weighted by atomic mass is 19.4. The summed E-state index contributed by atoms with van der Waals surface area (Å²) in [6.07, 6.45) is -2.76. The van der Waals surface area contributed by atoms with Gasteiger partial charge in [-0.1, -0.05) is 12.1 Å². The molecule has 0 fully saturated rings. The molecule has 3 aromatic rings. The normalized spacial score (nSPS) is 12.2. The van der Waals surface area contributed by atoms with Crippen LogP contribution in [0.3, 0.4) is 0 Å². The third kappa shape index (κ3) is 4.97. The Labute approximate surface area is 182 Å². The lowest BCUT2D eigenvalue weighted by Crippen LogP contribution is -2.23. The number of methoxy groups -OCH3 is 3. The zero-order chi connectivity index (χ0) is 23.3. The standard InChI is InChI=1S/C22H20F3N3O4/c1-30-16-9-6-14(12-17(16)31-2)18-20(27-11-10-26-18)28-21(29)19(32-3)13-4-7-15(8-5-13)22(23,24)25/h4-12,19H,1-3H3,(H,27,28,29). The Kier molecular flexibility index (Phi) is 6.94. The molecule has 0 spiro atoms. The Bertz CT molecular complexity index is 1090. The maximum atomic E-state index is 12.9. The number of carbonyl (C=O) groups excluding carboxylic acids is 1. The van der Waals surface area contributed by atoms with Gasteiger partial charge in [0.25, 0.3) is 5.91 Å². The number of ether oxygens (including phenoxy) is 3. The van der Waals surface area contributed by atoms with Crippen molar-refractivity contribution in [2.75, 3.05) is 26.6 Å². The summed E-state index contributed by atoms with van der Waals surface area (Å²) in [4.78, 5) is 21.3. The minimum atomic E-state index is -4.47. The number of hydrogen-bond acceptors (Lipinski definition) is 6. The third-order valence-electron chi connectivity index (χ3n) is 4.61. The molecule has 0 radical (unpaired) electrons. The van der Waals surface area contributed by atoms with Gasteiger partial charge in [0.05, 0.1) is 19.8 Å². The number of nitrogens with zero attached hydrogens (tertiary/aromatic N) is 2. The van der Waals surface area contributed by atoms with Crippen LogP contribution in [0.2, 0.25) is 0 Å². The van der Waals surface area contributed by atoms with Gasteiger partial charge in [0.2, 0.25) is 0 Å². The lowest BCUT2D eigenvalue weighted by molar-refractivity contribution is -0.137. The highest BCUT2D eigenvalue weighted by molar-refractivity contribution is 5.96. The van der Waals surface area contributed by atoms with Crippen molar-refractivity contribution in [3.8, 4) is 22.8 Å². The molecule has 1 heterocycles. The summed E-state index contributed by atoms with van der Waals surface area (Å²) in [5.74, 6) is 0.521. The van der Waals surface area contributed by atoms with E-state index >= 15 is 0 Å². The van der Waals surface area contributed by atoms with Gasteiger partial charge < -0.3 is 19.5 Å². The fraction of sp³-hybridized carbons (Fsp3) is 0.227. The van der Waals surface area contributed by atoms with Crippen molar-refractivity contribution in [1.82, 2.24) is 9.97 Å². The van der Waals surface area contributed by atoms with Crippen molar-refractivity contribution in [2.45, 2.75) is 12.3 Å². The van der Waals surface area contributed by atoms with Gasteiger partial charge in [0, 0.05) is 25.1 Å². The Morgan fingerprint density at radius 1 is 0.938 bits per heavy atom. The monoisotopic (exact) mass is 447 g/mol. The number of carbonyl (C=O) groups is 1. The molecule has 1 unspecified atom stereocenters. The average Bonchev–Trinajstić information content (AvgIpc) is 2.79. The summed E-state index contributed by atoms with van der Waals surface area (Å²) >= 11 is 0. The lowest BCUT2D eigenvalue weighted by Gasteiger charge is -2.17. The summed E-state index contributed by atoms with van der Waals surface area (Å²) in [6.45, 7) is 0. The van der Waals surface area contributed by atoms with Crippen molar-refractivity contribution in [3.05, 3.63) is 66.0 Å². The number of nitrogens with one attached hydrogen (secondary N) is 1. The second-order valence-electron chi connectivity index (χ2n) is 6.55. The van der Waals surface area contributed by atoms with Gasteiger partial charge in [-0.05, 0) is 35.9 Å². The lowest BCUT2D eigenvalue weighted by atomic mass is 10.1. The molecule has 0 bridgehead atoms. The Morgan fingerprint density at radius 3 is 2.19 bits per heavy atom. The third-order valence-corrected chi connectivity index (χ3v) is 4.61. The van der Waals surface area contributed by atoms with Crippen LogP contribution in [0.15, 0.2) is 54.9 Å². The van der Waals surface area contributed by atoms with E-state index in [-0.39, 0.29) is 11.4 Å². The van der Waals surface area contributed by atoms with Gasteiger partial charge in [0.15, 0.2) is 23.4 Å². The number of anilines is 1. The Morgan fingerprint density at radius 2 is 1.59 bits per heavy atom. The first-order valence-electron chi connectivity index (χ1n) is 9.32. The number of halogens is 3. The molecule has 0 saturated heterocycles. The van der Waals surface area contributed by atoms with Crippen LogP contribution in [0, 0.1) is 0 Å². The molecule has 0 aliphatic rings. The summed E-state index contributed by atoms with van der Waals surface area (Å²) in [6, 6.07) is 9.28. The molecule has 0 aliphatic carbocycles. The molecule has 1 aromatic heterocycles. The summed E-state index contributed by atoms with van der Waals surface area (Å²) < 4.78 is 54.2. The zero-order valence-corrected chi connectivity index (χ0v) is 17.4. The maximum Gasteiger partial charge on any atom is 0.416 e. The molecule has 0 saturated carbocycles. The molecule has 32 heavy (non-hydrogen) atoms. The highest BCUT2D eigenvalue weighted by Gasteiger charge is 2.31. The minimum Gasteiger partial charge on any atom is -0.493 e. The van der Waals surface area contributed by atoms with E-state index < -0.39 is 23.8 Å².